The Bertz CT molecular complexity index is 298. The van der Waals surface area contributed by atoms with Gasteiger partial charge in [-0.25, -0.2) is 0 Å². The molecule has 1 aliphatic rings. The molecular formula is C15H31N3O. The topological polar surface area (TPSA) is 58.4 Å². The second-order valence-electron chi connectivity index (χ2n) is 7.34. The molecule has 4 heteroatoms. The van der Waals surface area contributed by atoms with Gasteiger partial charge in [0.2, 0.25) is 5.91 Å². The summed E-state index contributed by atoms with van der Waals surface area (Å²) >= 11 is 0. The van der Waals surface area contributed by atoms with Gasteiger partial charge in [-0.15, -0.1) is 0 Å². The maximum Gasteiger partial charge on any atom is 0.224 e. The lowest BCUT2D eigenvalue weighted by molar-refractivity contribution is -0.127. The molecule has 1 rings (SSSR count). The van der Waals surface area contributed by atoms with E-state index in [4.69, 9.17) is 5.73 Å². The number of nitrogens with two attached hydrogens (primary N) is 1. The highest BCUT2D eigenvalue weighted by Crippen LogP contribution is 2.24. The second kappa shape index (κ2) is 6.71. The fourth-order valence-electron chi connectivity index (χ4n) is 2.89. The monoisotopic (exact) mass is 269 g/mol. The summed E-state index contributed by atoms with van der Waals surface area (Å²) in [5, 5.41) is 3.22. The molecule has 0 saturated carbocycles. The van der Waals surface area contributed by atoms with Crippen LogP contribution >= 0.6 is 0 Å². The predicted octanol–water partition coefficient (Wildman–Crippen LogP) is 1.45. The number of carbonyl (C=O) groups excluding carboxylic acids is 1. The van der Waals surface area contributed by atoms with Gasteiger partial charge in [0.05, 0.1) is 5.92 Å². The zero-order chi connectivity index (χ0) is 14.6. The molecule has 3 unspecified atom stereocenters. The van der Waals surface area contributed by atoms with Crippen LogP contribution in [-0.4, -0.2) is 43.5 Å². The number of nitrogens with zero attached hydrogens (tertiary/aromatic N) is 1. The first-order valence-electron chi connectivity index (χ1n) is 7.42. The van der Waals surface area contributed by atoms with Crippen LogP contribution in [0.1, 0.15) is 40.5 Å². The molecule has 112 valence electrons. The minimum absolute atomic E-state index is 0.0631. The molecule has 1 heterocycles. The third-order valence-corrected chi connectivity index (χ3v) is 3.95. The van der Waals surface area contributed by atoms with E-state index in [2.05, 4.69) is 45.0 Å². The molecule has 4 nitrogen and oxygen atoms in total. The molecule has 3 atom stereocenters. The Morgan fingerprint density at radius 1 is 1.47 bits per heavy atom. The highest BCUT2D eigenvalue weighted by atomic mass is 16.2. The lowest BCUT2D eigenvalue weighted by Gasteiger charge is -2.36. The Morgan fingerprint density at radius 3 is 2.58 bits per heavy atom. The quantitative estimate of drug-likeness (QED) is 0.812. The van der Waals surface area contributed by atoms with E-state index in [0.717, 1.165) is 25.9 Å². The molecule has 0 aromatic rings. The molecule has 0 radical (unpaired) electrons. The summed E-state index contributed by atoms with van der Waals surface area (Å²) in [6, 6.07) is 0.303. The second-order valence-corrected chi connectivity index (χ2v) is 7.34. The molecule has 0 spiro atoms. The normalized spacial score (nSPS) is 27.1. The van der Waals surface area contributed by atoms with E-state index in [0.29, 0.717) is 18.5 Å². The first kappa shape index (κ1) is 16.4. The van der Waals surface area contributed by atoms with Gasteiger partial charge >= 0.3 is 0 Å². The van der Waals surface area contributed by atoms with Crippen LogP contribution in [0.15, 0.2) is 0 Å². The minimum Gasteiger partial charge on any atom is -0.353 e. The maximum atomic E-state index is 12.3. The van der Waals surface area contributed by atoms with Gasteiger partial charge in [0.25, 0.3) is 0 Å². The van der Waals surface area contributed by atoms with E-state index in [1.807, 2.05) is 0 Å². The van der Waals surface area contributed by atoms with Gasteiger partial charge in [-0.1, -0.05) is 27.7 Å². The average molecular weight is 269 g/mol. The standard InChI is InChI=1S/C15H31N3O/c1-11-10-18(5)7-6-13(11)17-14(19)12(9-16)8-15(2,3)4/h11-13H,6-10,16H2,1-5H3,(H,17,19). The molecule has 0 aliphatic carbocycles. The third kappa shape index (κ3) is 5.49. The van der Waals surface area contributed by atoms with E-state index in [-0.39, 0.29) is 17.2 Å². The van der Waals surface area contributed by atoms with E-state index < -0.39 is 0 Å². The first-order valence-corrected chi connectivity index (χ1v) is 7.42. The predicted molar refractivity (Wildman–Crippen MR) is 79.8 cm³/mol. The van der Waals surface area contributed by atoms with Crippen LogP contribution in [0, 0.1) is 17.3 Å². The summed E-state index contributed by atoms with van der Waals surface area (Å²) in [7, 11) is 2.14. The molecule has 1 saturated heterocycles. The van der Waals surface area contributed by atoms with Gasteiger partial charge in [0, 0.05) is 19.1 Å². The maximum absolute atomic E-state index is 12.3. The van der Waals surface area contributed by atoms with Crippen LogP contribution in [0.5, 0.6) is 0 Å². The number of hydrogen-bond donors (Lipinski definition) is 2. The molecule has 0 aromatic heterocycles. The van der Waals surface area contributed by atoms with Gasteiger partial charge in [0.1, 0.15) is 0 Å². The van der Waals surface area contributed by atoms with Crippen molar-refractivity contribution in [2.75, 3.05) is 26.7 Å². The van der Waals surface area contributed by atoms with Crippen molar-refractivity contribution in [1.29, 1.82) is 0 Å². The van der Waals surface area contributed by atoms with E-state index >= 15 is 0 Å². The average Bonchev–Trinajstić information content (AvgIpc) is 2.28. The summed E-state index contributed by atoms with van der Waals surface area (Å²) < 4.78 is 0. The van der Waals surface area contributed by atoms with Crippen LogP contribution < -0.4 is 11.1 Å². The Morgan fingerprint density at radius 2 is 2.11 bits per heavy atom. The van der Waals surface area contributed by atoms with Crippen LogP contribution in [0.4, 0.5) is 0 Å². The number of rotatable bonds is 4. The Kier molecular flexibility index (Phi) is 5.81. The number of hydrogen-bond acceptors (Lipinski definition) is 3. The van der Waals surface area contributed by atoms with Crippen molar-refractivity contribution in [2.24, 2.45) is 23.0 Å². The largest absolute Gasteiger partial charge is 0.353 e. The van der Waals surface area contributed by atoms with Crippen LogP contribution in [0.2, 0.25) is 0 Å². The van der Waals surface area contributed by atoms with E-state index in [1.165, 1.54) is 0 Å². The fourth-order valence-corrected chi connectivity index (χ4v) is 2.89. The number of amides is 1. The summed E-state index contributed by atoms with van der Waals surface area (Å²) in [5.74, 6) is 0.585. The minimum atomic E-state index is -0.0631. The molecule has 3 N–H and O–H groups in total. The molecule has 1 aliphatic heterocycles. The summed E-state index contributed by atoms with van der Waals surface area (Å²) in [4.78, 5) is 14.7. The van der Waals surface area contributed by atoms with Gasteiger partial charge in [-0.2, -0.15) is 0 Å². The molecule has 0 aromatic carbocycles. The zero-order valence-electron chi connectivity index (χ0n) is 13.2. The molecular weight excluding hydrogens is 238 g/mol. The Balaban J connectivity index is 2.52. The Hall–Kier alpha value is -0.610. The van der Waals surface area contributed by atoms with Crippen molar-refractivity contribution < 1.29 is 4.79 Å². The van der Waals surface area contributed by atoms with Gasteiger partial charge < -0.3 is 16.0 Å². The molecule has 1 amide bonds. The van der Waals surface area contributed by atoms with Crippen molar-refractivity contribution in [1.82, 2.24) is 10.2 Å². The lowest BCUT2D eigenvalue weighted by atomic mass is 9.83. The van der Waals surface area contributed by atoms with Gasteiger partial charge in [0.15, 0.2) is 0 Å². The van der Waals surface area contributed by atoms with Crippen molar-refractivity contribution in [3.63, 3.8) is 0 Å². The van der Waals surface area contributed by atoms with Crippen molar-refractivity contribution in [3.05, 3.63) is 0 Å². The lowest BCUT2D eigenvalue weighted by Crippen LogP contribution is -2.51. The smallest absolute Gasteiger partial charge is 0.224 e. The zero-order valence-corrected chi connectivity index (χ0v) is 13.2. The number of carbonyl (C=O) groups is 1. The summed E-state index contributed by atoms with van der Waals surface area (Å²) in [6.45, 7) is 11.2. The van der Waals surface area contributed by atoms with Gasteiger partial charge in [-0.3, -0.25) is 4.79 Å². The Labute approximate surface area is 118 Å². The highest BCUT2D eigenvalue weighted by molar-refractivity contribution is 5.79. The first-order chi connectivity index (χ1) is 8.73. The fraction of sp³-hybridized carbons (Fsp3) is 0.933. The molecule has 0 bridgehead atoms. The van der Waals surface area contributed by atoms with Crippen molar-refractivity contribution >= 4 is 5.91 Å². The van der Waals surface area contributed by atoms with E-state index in [1.54, 1.807) is 0 Å². The van der Waals surface area contributed by atoms with Crippen LogP contribution in [0.3, 0.4) is 0 Å². The number of likely N-dealkylation sites (tertiary alicyclic amines) is 1. The van der Waals surface area contributed by atoms with E-state index in [9.17, 15) is 4.79 Å². The van der Waals surface area contributed by atoms with Crippen molar-refractivity contribution in [2.45, 2.75) is 46.6 Å². The van der Waals surface area contributed by atoms with Gasteiger partial charge in [-0.05, 0) is 37.8 Å². The third-order valence-electron chi connectivity index (χ3n) is 3.95. The SMILES string of the molecule is CC1CN(C)CCC1NC(=O)C(CN)CC(C)(C)C. The number of piperidine rings is 1. The van der Waals surface area contributed by atoms with Crippen LogP contribution in [-0.2, 0) is 4.79 Å². The highest BCUT2D eigenvalue weighted by Gasteiger charge is 2.29. The van der Waals surface area contributed by atoms with Crippen molar-refractivity contribution in [3.8, 4) is 0 Å². The molecule has 19 heavy (non-hydrogen) atoms. The number of nitrogens with one attached hydrogen (secondary N) is 1. The summed E-state index contributed by atoms with van der Waals surface area (Å²) in [6.07, 6.45) is 1.88. The molecule has 1 fully saturated rings. The van der Waals surface area contributed by atoms with Crippen LogP contribution in [0.25, 0.3) is 0 Å². The summed E-state index contributed by atoms with van der Waals surface area (Å²) in [5.41, 5.74) is 5.91.